The maximum absolute atomic E-state index is 13.6. The number of rotatable bonds is 10. The van der Waals surface area contributed by atoms with Crippen molar-refractivity contribution in [3.63, 3.8) is 0 Å². The van der Waals surface area contributed by atoms with Crippen molar-refractivity contribution < 1.29 is 19.2 Å². The Kier molecular flexibility index (Phi) is 13.5. The SMILES string of the molecule is C#Cc1cc(C)c(NC(=O)c2ccc(C(=O)Nc3c(C)cc(C4(c5cc(C)c(NC(=O)c6ccc(C(=O)Nc7c(C)cc(C#C)cc7C)cc6)c(C)c5)CCCCC4)cc3C)cc2)c(C)c1. The summed E-state index contributed by atoms with van der Waals surface area (Å²) in [5.74, 6) is 4.22. The molecule has 0 aromatic heterocycles. The molecule has 1 saturated carbocycles. The van der Waals surface area contributed by atoms with Gasteiger partial charge in [0.1, 0.15) is 0 Å². The average molecular weight is 873 g/mol. The average Bonchev–Trinajstić information content (AvgIpc) is 3.30. The first-order chi connectivity index (χ1) is 31.5. The summed E-state index contributed by atoms with van der Waals surface area (Å²) in [6, 6.07) is 29.6. The van der Waals surface area contributed by atoms with Crippen molar-refractivity contribution in [2.45, 2.75) is 92.9 Å². The standard InChI is InChI=1S/C58H56N4O4/c1-11-42-26-34(3)50(35(4)27-42)59-54(63)44-16-20-46(21-17-44)56(65)61-52-38(7)30-48(31-39(52)8)58(24-14-13-15-25-58)49-32-40(9)53(41(10)33-49)62-57(66)47-22-18-45(19-23-47)55(64)60-51-36(5)28-43(12-2)29-37(51)6/h1-2,16-23,26-33H,13-15,24-25H2,3-10H3,(H,59,63)(H,60,64)(H,61,65)(H,62,66). The fraction of sp³-hybridized carbons (Fsp3) is 0.241. The van der Waals surface area contributed by atoms with Gasteiger partial charge in [-0.15, -0.1) is 12.8 Å². The van der Waals surface area contributed by atoms with E-state index in [2.05, 4.69) is 57.4 Å². The normalized spacial score (nSPS) is 12.9. The van der Waals surface area contributed by atoms with Crippen molar-refractivity contribution in [3.8, 4) is 24.7 Å². The molecule has 6 aromatic carbocycles. The maximum atomic E-state index is 13.6. The van der Waals surface area contributed by atoms with Gasteiger partial charge in [0.05, 0.1) is 0 Å². The lowest BCUT2D eigenvalue weighted by Gasteiger charge is -2.40. The van der Waals surface area contributed by atoms with E-state index < -0.39 is 0 Å². The number of carbonyl (C=O) groups is 4. The molecule has 0 atom stereocenters. The molecule has 0 unspecified atom stereocenters. The van der Waals surface area contributed by atoms with Crippen LogP contribution in [0.3, 0.4) is 0 Å². The number of carbonyl (C=O) groups excluding carboxylic acids is 4. The van der Waals surface area contributed by atoms with Gasteiger partial charge >= 0.3 is 0 Å². The highest BCUT2D eigenvalue weighted by molar-refractivity contribution is 6.09. The van der Waals surface area contributed by atoms with Gasteiger partial charge in [-0.2, -0.15) is 0 Å². The van der Waals surface area contributed by atoms with Gasteiger partial charge in [-0.05, 0) is 197 Å². The zero-order valence-electron chi connectivity index (χ0n) is 39.1. The summed E-state index contributed by atoms with van der Waals surface area (Å²) in [4.78, 5) is 53.7. The lowest BCUT2D eigenvalue weighted by atomic mass is 9.64. The van der Waals surface area contributed by atoms with E-state index in [4.69, 9.17) is 12.8 Å². The van der Waals surface area contributed by atoms with Crippen LogP contribution in [0.25, 0.3) is 0 Å². The lowest BCUT2D eigenvalue weighted by molar-refractivity contribution is 0.101. The molecule has 0 spiro atoms. The fourth-order valence-corrected chi connectivity index (χ4v) is 9.55. The molecular formula is C58H56N4O4. The first kappa shape index (κ1) is 46.3. The number of amides is 4. The predicted octanol–water partition coefficient (Wildman–Crippen LogP) is 12.4. The first-order valence-corrected chi connectivity index (χ1v) is 22.4. The van der Waals surface area contributed by atoms with Crippen molar-refractivity contribution in [3.05, 3.63) is 186 Å². The molecule has 0 heterocycles. The summed E-state index contributed by atoms with van der Waals surface area (Å²) < 4.78 is 0. The lowest BCUT2D eigenvalue weighted by Crippen LogP contribution is -2.31. The molecule has 66 heavy (non-hydrogen) atoms. The number of terminal acetylenes is 2. The van der Waals surface area contributed by atoms with Crippen LogP contribution in [-0.2, 0) is 5.41 Å². The Balaban J connectivity index is 1.05. The van der Waals surface area contributed by atoms with E-state index in [1.807, 2.05) is 79.7 Å². The van der Waals surface area contributed by atoms with Crippen LogP contribution < -0.4 is 21.3 Å². The van der Waals surface area contributed by atoms with E-state index in [0.717, 1.165) is 104 Å². The summed E-state index contributed by atoms with van der Waals surface area (Å²) in [5.41, 5.74) is 15.8. The summed E-state index contributed by atoms with van der Waals surface area (Å²) >= 11 is 0. The Labute approximate surface area is 389 Å². The van der Waals surface area contributed by atoms with Gasteiger partial charge < -0.3 is 21.3 Å². The number of hydrogen-bond donors (Lipinski definition) is 4. The van der Waals surface area contributed by atoms with Crippen LogP contribution in [0.1, 0.15) is 140 Å². The molecule has 8 nitrogen and oxygen atoms in total. The van der Waals surface area contributed by atoms with Crippen LogP contribution in [0.2, 0.25) is 0 Å². The van der Waals surface area contributed by atoms with Crippen LogP contribution in [0.5, 0.6) is 0 Å². The third-order valence-electron chi connectivity index (χ3n) is 13.0. The van der Waals surface area contributed by atoms with Crippen molar-refractivity contribution in [1.29, 1.82) is 0 Å². The Bertz CT molecular complexity index is 2720. The van der Waals surface area contributed by atoms with Gasteiger partial charge in [-0.3, -0.25) is 19.2 Å². The van der Waals surface area contributed by atoms with E-state index in [0.29, 0.717) is 22.3 Å². The molecule has 0 bridgehead atoms. The highest BCUT2D eigenvalue weighted by Gasteiger charge is 2.37. The van der Waals surface area contributed by atoms with Crippen molar-refractivity contribution in [2.75, 3.05) is 21.3 Å². The third kappa shape index (κ3) is 9.55. The van der Waals surface area contributed by atoms with Crippen LogP contribution >= 0.6 is 0 Å². The highest BCUT2D eigenvalue weighted by Crippen LogP contribution is 2.47. The van der Waals surface area contributed by atoms with Crippen LogP contribution in [0.15, 0.2) is 97.1 Å². The Hall–Kier alpha value is -7.68. The minimum absolute atomic E-state index is 0.248. The molecule has 332 valence electrons. The molecule has 6 aromatic rings. The molecule has 1 fully saturated rings. The Morgan fingerprint density at radius 3 is 0.848 bits per heavy atom. The van der Waals surface area contributed by atoms with E-state index in [-0.39, 0.29) is 29.0 Å². The second kappa shape index (κ2) is 19.2. The molecular weight excluding hydrogens is 817 g/mol. The highest BCUT2D eigenvalue weighted by atomic mass is 16.2. The molecule has 4 amide bonds. The van der Waals surface area contributed by atoms with Crippen LogP contribution in [0, 0.1) is 80.1 Å². The molecule has 1 aliphatic rings. The molecule has 4 N–H and O–H groups in total. The number of benzene rings is 6. The van der Waals surface area contributed by atoms with Gasteiger partial charge in [-0.1, -0.05) is 55.4 Å². The van der Waals surface area contributed by atoms with Crippen molar-refractivity contribution >= 4 is 46.4 Å². The molecule has 0 radical (unpaired) electrons. The van der Waals surface area contributed by atoms with Gasteiger partial charge in [0, 0.05) is 61.5 Å². The van der Waals surface area contributed by atoms with Crippen molar-refractivity contribution in [2.24, 2.45) is 0 Å². The predicted molar refractivity (Wildman–Crippen MR) is 268 cm³/mol. The van der Waals surface area contributed by atoms with Gasteiger partial charge in [0.15, 0.2) is 0 Å². The van der Waals surface area contributed by atoms with E-state index >= 15 is 0 Å². The Morgan fingerprint density at radius 1 is 0.394 bits per heavy atom. The summed E-state index contributed by atoms with van der Waals surface area (Å²) in [6.07, 6.45) is 16.4. The van der Waals surface area contributed by atoms with E-state index in [1.165, 1.54) is 17.5 Å². The summed E-state index contributed by atoms with van der Waals surface area (Å²) in [6.45, 7) is 15.8. The first-order valence-electron chi connectivity index (χ1n) is 22.4. The van der Waals surface area contributed by atoms with Gasteiger partial charge in [0.25, 0.3) is 23.6 Å². The zero-order chi connectivity index (χ0) is 47.4. The smallest absolute Gasteiger partial charge is 0.255 e. The minimum atomic E-state index is -0.272. The molecule has 0 saturated heterocycles. The van der Waals surface area contributed by atoms with E-state index in [9.17, 15) is 19.2 Å². The largest absolute Gasteiger partial charge is 0.322 e. The molecule has 8 heteroatoms. The molecule has 0 aliphatic heterocycles. The zero-order valence-corrected chi connectivity index (χ0v) is 39.1. The van der Waals surface area contributed by atoms with Crippen LogP contribution in [0.4, 0.5) is 22.7 Å². The number of nitrogens with one attached hydrogen (secondary N) is 4. The summed E-state index contributed by atoms with van der Waals surface area (Å²) in [7, 11) is 0. The second-order valence-corrected chi connectivity index (χ2v) is 17.8. The fourth-order valence-electron chi connectivity index (χ4n) is 9.55. The second-order valence-electron chi connectivity index (χ2n) is 17.8. The monoisotopic (exact) mass is 872 g/mol. The number of aryl methyl sites for hydroxylation is 8. The van der Waals surface area contributed by atoms with E-state index in [1.54, 1.807) is 48.5 Å². The van der Waals surface area contributed by atoms with Crippen LogP contribution in [-0.4, -0.2) is 23.6 Å². The summed E-state index contributed by atoms with van der Waals surface area (Å²) in [5, 5.41) is 12.3. The van der Waals surface area contributed by atoms with Gasteiger partial charge in [-0.25, -0.2) is 0 Å². The number of hydrogen-bond acceptors (Lipinski definition) is 4. The third-order valence-corrected chi connectivity index (χ3v) is 13.0. The Morgan fingerprint density at radius 2 is 0.621 bits per heavy atom. The van der Waals surface area contributed by atoms with Gasteiger partial charge in [0.2, 0.25) is 0 Å². The number of anilines is 4. The topological polar surface area (TPSA) is 116 Å². The molecule has 1 aliphatic carbocycles. The maximum Gasteiger partial charge on any atom is 0.255 e. The quantitative estimate of drug-likeness (QED) is 0.103. The van der Waals surface area contributed by atoms with Crippen molar-refractivity contribution in [1.82, 2.24) is 0 Å². The minimum Gasteiger partial charge on any atom is -0.322 e. The molecule has 7 rings (SSSR count).